The summed E-state index contributed by atoms with van der Waals surface area (Å²) in [6.07, 6.45) is 0.565. The number of nitrogens with one attached hydrogen (secondary N) is 1. The van der Waals surface area contributed by atoms with Crippen LogP contribution in [0.3, 0.4) is 0 Å². The fraction of sp³-hybridized carbons (Fsp3) is 0.211. The molecule has 0 aliphatic heterocycles. The number of oxazole rings is 1. The van der Waals surface area contributed by atoms with Gasteiger partial charge < -0.3 is 4.42 Å². The van der Waals surface area contributed by atoms with Crippen LogP contribution in [0, 0.1) is 13.8 Å². The van der Waals surface area contributed by atoms with Gasteiger partial charge in [0.25, 0.3) is 0 Å². The van der Waals surface area contributed by atoms with Gasteiger partial charge in [0.2, 0.25) is 10.0 Å². The molecular formula is C19H19ClN2O3S. The Bertz CT molecular complexity index is 1010. The molecule has 0 unspecified atom stereocenters. The van der Waals surface area contributed by atoms with Crippen LogP contribution in [-0.4, -0.2) is 19.9 Å². The van der Waals surface area contributed by atoms with Crippen molar-refractivity contribution < 1.29 is 12.8 Å². The molecule has 5 nitrogen and oxygen atoms in total. The van der Waals surface area contributed by atoms with Crippen LogP contribution in [0.1, 0.15) is 17.2 Å². The summed E-state index contributed by atoms with van der Waals surface area (Å²) in [5.74, 6) is 1.29. The van der Waals surface area contributed by atoms with Crippen molar-refractivity contribution >= 4 is 21.6 Å². The molecule has 0 radical (unpaired) electrons. The molecule has 1 heterocycles. The van der Waals surface area contributed by atoms with E-state index in [-0.39, 0.29) is 4.90 Å². The Morgan fingerprint density at radius 2 is 1.85 bits per heavy atom. The van der Waals surface area contributed by atoms with Gasteiger partial charge in [0.15, 0.2) is 5.89 Å². The average molecular weight is 391 g/mol. The molecule has 0 aliphatic carbocycles. The van der Waals surface area contributed by atoms with Crippen LogP contribution in [-0.2, 0) is 16.4 Å². The molecular weight excluding hydrogens is 372 g/mol. The molecule has 136 valence electrons. The molecule has 2 aromatic carbocycles. The fourth-order valence-corrected chi connectivity index (χ4v) is 3.94. The van der Waals surface area contributed by atoms with Gasteiger partial charge in [0, 0.05) is 24.1 Å². The Balaban J connectivity index is 1.68. The zero-order valence-electron chi connectivity index (χ0n) is 14.5. The second kappa shape index (κ2) is 7.61. The zero-order valence-corrected chi connectivity index (χ0v) is 16.1. The smallest absolute Gasteiger partial charge is 0.240 e. The first-order chi connectivity index (χ1) is 12.3. The van der Waals surface area contributed by atoms with E-state index >= 15 is 0 Å². The summed E-state index contributed by atoms with van der Waals surface area (Å²) >= 11 is 5.94. The predicted octanol–water partition coefficient (Wildman–Crippen LogP) is 4.13. The molecule has 1 aromatic heterocycles. The first-order valence-electron chi connectivity index (χ1n) is 8.14. The van der Waals surface area contributed by atoms with Crippen molar-refractivity contribution in [2.45, 2.75) is 25.2 Å². The Kier molecular flexibility index (Phi) is 5.46. The number of rotatable bonds is 6. The molecule has 0 bridgehead atoms. The molecule has 0 saturated carbocycles. The minimum absolute atomic E-state index is 0.213. The lowest BCUT2D eigenvalue weighted by atomic mass is 10.1. The Labute approximate surface area is 158 Å². The van der Waals surface area contributed by atoms with Crippen LogP contribution >= 0.6 is 11.6 Å². The topological polar surface area (TPSA) is 72.2 Å². The third-order valence-electron chi connectivity index (χ3n) is 3.94. The van der Waals surface area contributed by atoms with E-state index in [0.717, 1.165) is 16.8 Å². The summed E-state index contributed by atoms with van der Waals surface area (Å²) in [5.41, 5.74) is 2.52. The SMILES string of the molecule is Cc1nc(-c2ccc(S(=O)(=O)NCCc3cccc(Cl)c3)cc2)c(C)o1. The molecule has 0 saturated heterocycles. The van der Waals surface area contributed by atoms with Gasteiger partial charge >= 0.3 is 0 Å². The highest BCUT2D eigenvalue weighted by atomic mass is 35.5. The Hall–Kier alpha value is -2.15. The monoisotopic (exact) mass is 390 g/mol. The van der Waals surface area contributed by atoms with Gasteiger partial charge in [-0.3, -0.25) is 0 Å². The second-order valence-corrected chi connectivity index (χ2v) is 8.14. The number of hydrogen-bond donors (Lipinski definition) is 1. The predicted molar refractivity (Wildman–Crippen MR) is 102 cm³/mol. The highest BCUT2D eigenvalue weighted by Crippen LogP contribution is 2.24. The van der Waals surface area contributed by atoms with E-state index in [1.165, 1.54) is 0 Å². The number of hydrogen-bond acceptors (Lipinski definition) is 4. The molecule has 26 heavy (non-hydrogen) atoms. The second-order valence-electron chi connectivity index (χ2n) is 5.94. The van der Waals surface area contributed by atoms with Gasteiger partial charge in [0.1, 0.15) is 11.5 Å². The molecule has 0 spiro atoms. The van der Waals surface area contributed by atoms with Crippen LogP contribution in [0.2, 0.25) is 5.02 Å². The first kappa shape index (κ1) is 18.6. The normalized spacial score (nSPS) is 11.7. The summed E-state index contributed by atoms with van der Waals surface area (Å²) in [5, 5.41) is 0.638. The van der Waals surface area contributed by atoms with Crippen LogP contribution in [0.25, 0.3) is 11.3 Å². The van der Waals surface area contributed by atoms with Crippen molar-refractivity contribution in [3.63, 3.8) is 0 Å². The van der Waals surface area contributed by atoms with Gasteiger partial charge in [-0.15, -0.1) is 0 Å². The van der Waals surface area contributed by atoms with Crippen LogP contribution < -0.4 is 4.72 Å². The summed E-state index contributed by atoms with van der Waals surface area (Å²) < 4.78 is 32.9. The molecule has 3 aromatic rings. The standard InChI is InChI=1S/C19H19ClN2O3S/c1-13-19(22-14(2)25-13)16-6-8-18(9-7-16)26(23,24)21-11-10-15-4-3-5-17(20)12-15/h3-9,12,21H,10-11H2,1-2H3. The van der Waals surface area contributed by atoms with E-state index in [2.05, 4.69) is 9.71 Å². The summed E-state index contributed by atoms with van der Waals surface area (Å²) in [7, 11) is -3.57. The van der Waals surface area contributed by atoms with Crippen molar-refractivity contribution in [3.05, 3.63) is 70.8 Å². The van der Waals surface area contributed by atoms with Crippen molar-refractivity contribution in [1.29, 1.82) is 0 Å². The Morgan fingerprint density at radius 3 is 2.46 bits per heavy atom. The lowest BCUT2D eigenvalue weighted by molar-refractivity contribution is 0.495. The fourth-order valence-electron chi connectivity index (χ4n) is 2.69. The van der Waals surface area contributed by atoms with Crippen LogP contribution in [0.4, 0.5) is 0 Å². The average Bonchev–Trinajstić information content (AvgIpc) is 2.93. The van der Waals surface area contributed by atoms with E-state index in [0.29, 0.717) is 29.6 Å². The van der Waals surface area contributed by atoms with Crippen molar-refractivity contribution in [1.82, 2.24) is 9.71 Å². The molecule has 0 atom stereocenters. The summed E-state index contributed by atoms with van der Waals surface area (Å²) in [6.45, 7) is 3.91. The largest absolute Gasteiger partial charge is 0.446 e. The number of aromatic nitrogens is 1. The molecule has 0 aliphatic rings. The molecule has 3 rings (SSSR count). The molecule has 7 heteroatoms. The van der Waals surface area contributed by atoms with Gasteiger partial charge in [-0.25, -0.2) is 18.1 Å². The molecule has 0 fully saturated rings. The quantitative estimate of drug-likeness (QED) is 0.686. The number of nitrogens with zero attached hydrogens (tertiary/aromatic N) is 1. The Morgan fingerprint density at radius 1 is 1.12 bits per heavy atom. The van der Waals surface area contributed by atoms with Gasteiger partial charge in [-0.1, -0.05) is 35.9 Å². The van der Waals surface area contributed by atoms with Gasteiger partial charge in [0.05, 0.1) is 4.90 Å². The van der Waals surface area contributed by atoms with Crippen LogP contribution in [0.15, 0.2) is 57.8 Å². The maximum atomic E-state index is 12.4. The maximum absolute atomic E-state index is 12.4. The number of benzene rings is 2. The minimum Gasteiger partial charge on any atom is -0.446 e. The van der Waals surface area contributed by atoms with E-state index in [1.807, 2.05) is 25.1 Å². The maximum Gasteiger partial charge on any atom is 0.240 e. The molecule has 1 N–H and O–H groups in total. The van der Waals surface area contributed by atoms with Crippen molar-refractivity contribution in [2.24, 2.45) is 0 Å². The minimum atomic E-state index is -3.57. The van der Waals surface area contributed by atoms with E-state index < -0.39 is 10.0 Å². The number of halogens is 1. The number of sulfonamides is 1. The first-order valence-corrected chi connectivity index (χ1v) is 10.00. The third-order valence-corrected chi connectivity index (χ3v) is 5.65. The van der Waals surface area contributed by atoms with Gasteiger partial charge in [-0.05, 0) is 43.2 Å². The zero-order chi connectivity index (χ0) is 18.7. The third kappa shape index (κ3) is 4.33. The lowest BCUT2D eigenvalue weighted by Gasteiger charge is -2.08. The van der Waals surface area contributed by atoms with Crippen LogP contribution in [0.5, 0.6) is 0 Å². The van der Waals surface area contributed by atoms with E-state index in [4.69, 9.17) is 16.0 Å². The van der Waals surface area contributed by atoms with E-state index in [1.54, 1.807) is 37.3 Å². The van der Waals surface area contributed by atoms with Crippen molar-refractivity contribution in [3.8, 4) is 11.3 Å². The lowest BCUT2D eigenvalue weighted by Crippen LogP contribution is -2.25. The summed E-state index contributed by atoms with van der Waals surface area (Å²) in [6, 6.07) is 14.0. The summed E-state index contributed by atoms with van der Waals surface area (Å²) in [4.78, 5) is 4.53. The molecule has 0 amide bonds. The highest BCUT2D eigenvalue weighted by Gasteiger charge is 2.15. The van der Waals surface area contributed by atoms with E-state index in [9.17, 15) is 8.42 Å². The highest BCUT2D eigenvalue weighted by molar-refractivity contribution is 7.89. The number of aryl methyl sites for hydroxylation is 2. The van der Waals surface area contributed by atoms with Gasteiger partial charge in [-0.2, -0.15) is 0 Å². The van der Waals surface area contributed by atoms with Crippen molar-refractivity contribution in [2.75, 3.05) is 6.54 Å².